The number of hydrogen-bond donors (Lipinski definition) is 2. The van der Waals surface area contributed by atoms with Crippen molar-refractivity contribution in [3.05, 3.63) is 35.9 Å². The normalized spacial score (nSPS) is 13.7. The molecule has 0 bridgehead atoms. The number of aliphatic carboxylic acids is 1. The third-order valence-electron chi connectivity index (χ3n) is 2.94. The average Bonchev–Trinajstić information content (AvgIpc) is 2.36. The molecule has 0 fully saturated rings. The molecular formula is C14H19NO3. The molecule has 0 aliphatic carbocycles. The van der Waals surface area contributed by atoms with Crippen molar-refractivity contribution in [2.45, 2.75) is 38.6 Å². The van der Waals surface area contributed by atoms with Gasteiger partial charge >= 0.3 is 5.97 Å². The molecule has 0 saturated carbocycles. The molecule has 1 amide bonds. The first-order valence-corrected chi connectivity index (χ1v) is 6.11. The molecule has 0 radical (unpaired) electrons. The van der Waals surface area contributed by atoms with E-state index in [4.69, 9.17) is 5.11 Å². The number of carbonyl (C=O) groups is 2. The van der Waals surface area contributed by atoms with Gasteiger partial charge in [-0.15, -0.1) is 0 Å². The van der Waals surface area contributed by atoms with E-state index in [-0.39, 0.29) is 11.8 Å². The number of carboxylic acid groups (broad SMARTS) is 1. The Morgan fingerprint density at radius 3 is 2.39 bits per heavy atom. The van der Waals surface area contributed by atoms with Gasteiger partial charge in [0.15, 0.2) is 0 Å². The minimum Gasteiger partial charge on any atom is -0.480 e. The maximum Gasteiger partial charge on any atom is 0.325 e. The molecule has 0 aliphatic heterocycles. The Labute approximate surface area is 107 Å². The predicted molar refractivity (Wildman–Crippen MR) is 69.3 cm³/mol. The van der Waals surface area contributed by atoms with E-state index in [1.807, 2.05) is 37.3 Å². The van der Waals surface area contributed by atoms with Gasteiger partial charge in [-0.05, 0) is 24.8 Å². The van der Waals surface area contributed by atoms with Crippen LogP contribution in [0.3, 0.4) is 0 Å². The van der Waals surface area contributed by atoms with Crippen LogP contribution >= 0.6 is 0 Å². The number of benzene rings is 1. The summed E-state index contributed by atoms with van der Waals surface area (Å²) in [5.74, 6) is -1.11. The summed E-state index contributed by atoms with van der Waals surface area (Å²) in [5.41, 5.74) is 1.11. The fraction of sp³-hybridized carbons (Fsp3) is 0.429. The van der Waals surface area contributed by atoms with Gasteiger partial charge in [0.1, 0.15) is 6.04 Å². The van der Waals surface area contributed by atoms with E-state index in [9.17, 15) is 9.59 Å². The number of nitrogens with one attached hydrogen (secondary N) is 1. The average molecular weight is 249 g/mol. The van der Waals surface area contributed by atoms with E-state index in [0.29, 0.717) is 6.42 Å². The van der Waals surface area contributed by atoms with Gasteiger partial charge in [0.25, 0.3) is 0 Å². The van der Waals surface area contributed by atoms with Gasteiger partial charge in [-0.3, -0.25) is 9.59 Å². The number of carboxylic acids is 1. The predicted octanol–water partition coefficient (Wildman–Crippen LogP) is 2.16. The molecule has 2 atom stereocenters. The van der Waals surface area contributed by atoms with Crippen LogP contribution in [0.5, 0.6) is 0 Å². The number of amides is 1. The van der Waals surface area contributed by atoms with E-state index in [2.05, 4.69) is 5.32 Å². The summed E-state index contributed by atoms with van der Waals surface area (Å²) in [5, 5.41) is 11.2. The van der Waals surface area contributed by atoms with Gasteiger partial charge in [-0.1, -0.05) is 37.3 Å². The van der Waals surface area contributed by atoms with Crippen molar-refractivity contribution in [2.75, 3.05) is 0 Å². The first kappa shape index (κ1) is 14.2. The SMILES string of the molecule is CCC(CC(=O)NC(C)C(=O)O)c1ccccc1. The Bertz CT molecular complexity index is 403. The maximum absolute atomic E-state index is 11.7. The lowest BCUT2D eigenvalue weighted by molar-refractivity contribution is -0.141. The Morgan fingerprint density at radius 1 is 1.28 bits per heavy atom. The summed E-state index contributed by atoms with van der Waals surface area (Å²) < 4.78 is 0. The smallest absolute Gasteiger partial charge is 0.325 e. The minimum atomic E-state index is -1.02. The lowest BCUT2D eigenvalue weighted by Crippen LogP contribution is -2.38. The summed E-state index contributed by atoms with van der Waals surface area (Å²) in [6, 6.07) is 8.95. The highest BCUT2D eigenvalue weighted by Crippen LogP contribution is 2.22. The molecule has 0 aliphatic rings. The van der Waals surface area contributed by atoms with Crippen LogP contribution in [0.2, 0.25) is 0 Å². The van der Waals surface area contributed by atoms with Crippen LogP contribution < -0.4 is 5.32 Å². The van der Waals surface area contributed by atoms with Crippen LogP contribution in [0, 0.1) is 0 Å². The van der Waals surface area contributed by atoms with Crippen molar-refractivity contribution < 1.29 is 14.7 Å². The van der Waals surface area contributed by atoms with Crippen molar-refractivity contribution >= 4 is 11.9 Å². The van der Waals surface area contributed by atoms with Crippen LogP contribution in [0.1, 0.15) is 38.2 Å². The molecule has 0 heterocycles. The van der Waals surface area contributed by atoms with Crippen LogP contribution in [0.15, 0.2) is 30.3 Å². The molecular weight excluding hydrogens is 230 g/mol. The Hall–Kier alpha value is -1.84. The second-order valence-electron chi connectivity index (χ2n) is 4.35. The third kappa shape index (κ3) is 4.20. The molecule has 4 nitrogen and oxygen atoms in total. The summed E-state index contributed by atoms with van der Waals surface area (Å²) in [4.78, 5) is 22.4. The molecule has 2 unspecified atom stereocenters. The maximum atomic E-state index is 11.7. The van der Waals surface area contributed by atoms with Crippen LogP contribution in [-0.4, -0.2) is 23.0 Å². The van der Waals surface area contributed by atoms with Gasteiger partial charge in [0.05, 0.1) is 0 Å². The van der Waals surface area contributed by atoms with Gasteiger partial charge in [-0.2, -0.15) is 0 Å². The quantitative estimate of drug-likeness (QED) is 0.812. The van der Waals surface area contributed by atoms with Gasteiger partial charge in [-0.25, -0.2) is 0 Å². The first-order valence-electron chi connectivity index (χ1n) is 6.11. The molecule has 0 saturated heterocycles. The molecule has 0 spiro atoms. The zero-order valence-corrected chi connectivity index (χ0v) is 10.7. The Kier molecular flexibility index (Phi) is 5.36. The second kappa shape index (κ2) is 6.79. The molecule has 1 aromatic carbocycles. The topological polar surface area (TPSA) is 66.4 Å². The van der Waals surface area contributed by atoms with E-state index < -0.39 is 12.0 Å². The lowest BCUT2D eigenvalue weighted by atomic mass is 9.93. The fourth-order valence-corrected chi connectivity index (χ4v) is 1.81. The molecule has 4 heteroatoms. The van der Waals surface area contributed by atoms with Gasteiger partial charge in [0, 0.05) is 6.42 Å². The van der Waals surface area contributed by atoms with Gasteiger partial charge in [0.2, 0.25) is 5.91 Å². The summed E-state index contributed by atoms with van der Waals surface area (Å²) >= 11 is 0. The molecule has 0 aromatic heterocycles. The van der Waals surface area contributed by atoms with Crippen LogP contribution in [-0.2, 0) is 9.59 Å². The molecule has 18 heavy (non-hydrogen) atoms. The van der Waals surface area contributed by atoms with Crippen molar-refractivity contribution in [2.24, 2.45) is 0 Å². The second-order valence-corrected chi connectivity index (χ2v) is 4.35. The van der Waals surface area contributed by atoms with Crippen LogP contribution in [0.25, 0.3) is 0 Å². The monoisotopic (exact) mass is 249 g/mol. The fourth-order valence-electron chi connectivity index (χ4n) is 1.81. The summed E-state index contributed by atoms with van der Waals surface area (Å²) in [6.07, 6.45) is 1.16. The number of hydrogen-bond acceptors (Lipinski definition) is 2. The molecule has 98 valence electrons. The van der Waals surface area contributed by atoms with E-state index >= 15 is 0 Å². The highest BCUT2D eigenvalue weighted by Gasteiger charge is 2.18. The van der Waals surface area contributed by atoms with Crippen LogP contribution in [0.4, 0.5) is 0 Å². The zero-order valence-electron chi connectivity index (χ0n) is 10.7. The van der Waals surface area contributed by atoms with E-state index in [0.717, 1.165) is 12.0 Å². The first-order chi connectivity index (χ1) is 8.54. The van der Waals surface area contributed by atoms with E-state index in [1.165, 1.54) is 6.92 Å². The molecule has 1 rings (SSSR count). The number of carbonyl (C=O) groups excluding carboxylic acids is 1. The highest BCUT2D eigenvalue weighted by atomic mass is 16.4. The third-order valence-corrected chi connectivity index (χ3v) is 2.94. The standard InChI is InChI=1S/C14H19NO3/c1-3-11(12-7-5-4-6-8-12)9-13(16)15-10(2)14(17)18/h4-8,10-11H,3,9H2,1-2H3,(H,15,16)(H,17,18). The Morgan fingerprint density at radius 2 is 1.89 bits per heavy atom. The zero-order chi connectivity index (χ0) is 13.5. The van der Waals surface area contributed by atoms with E-state index in [1.54, 1.807) is 0 Å². The Balaban J connectivity index is 2.59. The van der Waals surface area contributed by atoms with Crippen molar-refractivity contribution in [1.82, 2.24) is 5.32 Å². The van der Waals surface area contributed by atoms with Crippen molar-refractivity contribution in [1.29, 1.82) is 0 Å². The summed E-state index contributed by atoms with van der Waals surface area (Å²) in [7, 11) is 0. The van der Waals surface area contributed by atoms with Gasteiger partial charge < -0.3 is 10.4 Å². The molecule has 1 aromatic rings. The number of rotatable bonds is 6. The van der Waals surface area contributed by atoms with Crippen molar-refractivity contribution in [3.63, 3.8) is 0 Å². The molecule has 2 N–H and O–H groups in total. The van der Waals surface area contributed by atoms with Crippen molar-refractivity contribution in [3.8, 4) is 0 Å². The minimum absolute atomic E-state index is 0.132. The summed E-state index contributed by atoms with van der Waals surface area (Å²) in [6.45, 7) is 3.48. The largest absolute Gasteiger partial charge is 0.480 e. The lowest BCUT2D eigenvalue weighted by Gasteiger charge is -2.16. The highest BCUT2D eigenvalue weighted by molar-refractivity contribution is 5.83.